The Hall–Kier alpha value is -1.33. The zero-order chi connectivity index (χ0) is 15.1. The van der Waals surface area contributed by atoms with Crippen molar-refractivity contribution in [3.8, 4) is 0 Å². The van der Waals surface area contributed by atoms with Crippen molar-refractivity contribution in [1.29, 1.82) is 0 Å². The maximum atomic E-state index is 12.2. The Morgan fingerprint density at radius 3 is 2.86 bits per heavy atom. The number of carbonyl (C=O) groups is 1. The highest BCUT2D eigenvalue weighted by Gasteiger charge is 2.25. The van der Waals surface area contributed by atoms with E-state index in [1.807, 2.05) is 35.2 Å². The van der Waals surface area contributed by atoms with Crippen molar-refractivity contribution < 1.29 is 9.90 Å². The quantitative estimate of drug-likeness (QED) is 0.872. The number of aliphatic hydroxyl groups is 1. The summed E-state index contributed by atoms with van der Waals surface area (Å²) in [6.45, 7) is 0.895. The van der Waals surface area contributed by atoms with E-state index in [4.69, 9.17) is 5.11 Å². The average Bonchev–Trinajstić information content (AvgIpc) is 2.50. The predicted octanol–water partition coefficient (Wildman–Crippen LogP) is 3.37. The molecule has 0 spiro atoms. The molecule has 1 heterocycles. The van der Waals surface area contributed by atoms with Gasteiger partial charge in [-0.15, -0.1) is 0 Å². The molecule has 0 radical (unpaired) electrons. The molecule has 4 nitrogen and oxygen atoms in total. The topological polar surface area (TPSA) is 52.6 Å². The number of benzene rings is 1. The first kappa shape index (κ1) is 16.0. The number of hydrogen-bond acceptors (Lipinski definition) is 2. The number of amides is 2. The van der Waals surface area contributed by atoms with Gasteiger partial charge < -0.3 is 15.3 Å². The van der Waals surface area contributed by atoms with E-state index < -0.39 is 0 Å². The Bertz CT molecular complexity index is 486. The van der Waals surface area contributed by atoms with E-state index in [1.54, 1.807) is 6.20 Å². The Balaban J connectivity index is 1.89. The van der Waals surface area contributed by atoms with Crippen LogP contribution in [0.2, 0.25) is 0 Å². The molecule has 2 N–H and O–H groups in total. The van der Waals surface area contributed by atoms with Crippen LogP contribution in [0, 0.1) is 0 Å². The number of piperidine rings is 1. The first-order valence-electron chi connectivity index (χ1n) is 7.31. The van der Waals surface area contributed by atoms with Crippen molar-refractivity contribution >= 4 is 28.0 Å². The van der Waals surface area contributed by atoms with E-state index in [2.05, 4.69) is 21.2 Å². The van der Waals surface area contributed by atoms with E-state index in [9.17, 15) is 4.79 Å². The minimum Gasteiger partial charge on any atom is -0.396 e. The summed E-state index contributed by atoms with van der Waals surface area (Å²) in [5, 5.41) is 11.9. The molecule has 1 aliphatic heterocycles. The number of urea groups is 1. The summed E-state index contributed by atoms with van der Waals surface area (Å²) in [7, 11) is 0. The first-order chi connectivity index (χ1) is 10.2. The second-order valence-corrected chi connectivity index (χ2v) is 6.11. The summed E-state index contributed by atoms with van der Waals surface area (Å²) >= 11 is 3.39. The predicted molar refractivity (Wildman–Crippen MR) is 87.8 cm³/mol. The van der Waals surface area contributed by atoms with Gasteiger partial charge in [0, 0.05) is 29.9 Å². The highest BCUT2D eigenvalue weighted by atomic mass is 79.9. The molecule has 0 aromatic heterocycles. The van der Waals surface area contributed by atoms with E-state index in [-0.39, 0.29) is 18.7 Å². The number of nitrogens with one attached hydrogen (secondary N) is 1. The average molecular weight is 353 g/mol. The second-order valence-electron chi connectivity index (χ2n) is 5.19. The zero-order valence-corrected chi connectivity index (χ0v) is 13.6. The number of likely N-dealkylation sites (tertiary alicyclic amines) is 1. The third-order valence-corrected chi connectivity index (χ3v) is 4.23. The van der Waals surface area contributed by atoms with Gasteiger partial charge in [-0.3, -0.25) is 0 Å². The van der Waals surface area contributed by atoms with Gasteiger partial charge in [-0.25, -0.2) is 4.79 Å². The van der Waals surface area contributed by atoms with Crippen molar-refractivity contribution in [3.05, 3.63) is 40.5 Å². The van der Waals surface area contributed by atoms with Gasteiger partial charge in [-0.05, 0) is 49.5 Å². The highest BCUT2D eigenvalue weighted by molar-refractivity contribution is 9.10. The maximum absolute atomic E-state index is 12.2. The van der Waals surface area contributed by atoms with Crippen LogP contribution < -0.4 is 5.32 Å². The van der Waals surface area contributed by atoms with Gasteiger partial charge in [0.05, 0.1) is 0 Å². The fourth-order valence-corrected chi connectivity index (χ4v) is 2.85. The minimum absolute atomic E-state index is 0.0819. The molecule has 2 rings (SSSR count). The van der Waals surface area contributed by atoms with Crippen LogP contribution >= 0.6 is 15.9 Å². The first-order valence-corrected chi connectivity index (χ1v) is 8.10. The second kappa shape index (κ2) is 8.20. The SMILES string of the molecule is O=C(N/C=C/c1ccc(Br)cc1)N1CCCCC1CCO. The van der Waals surface area contributed by atoms with Crippen LogP contribution in [0.1, 0.15) is 31.2 Å². The number of carbonyl (C=O) groups excluding carboxylic acids is 1. The normalized spacial score (nSPS) is 19.0. The molecule has 21 heavy (non-hydrogen) atoms. The number of rotatable bonds is 4. The van der Waals surface area contributed by atoms with Crippen molar-refractivity contribution in [2.24, 2.45) is 0 Å². The molecule has 1 atom stereocenters. The van der Waals surface area contributed by atoms with Crippen LogP contribution in [0.3, 0.4) is 0 Å². The van der Waals surface area contributed by atoms with Crippen LogP contribution in [-0.4, -0.2) is 35.2 Å². The molecule has 2 amide bonds. The summed E-state index contributed by atoms with van der Waals surface area (Å²) < 4.78 is 1.03. The zero-order valence-electron chi connectivity index (χ0n) is 12.0. The van der Waals surface area contributed by atoms with Crippen LogP contribution in [0.5, 0.6) is 0 Å². The molecule has 1 aromatic rings. The molecular weight excluding hydrogens is 332 g/mol. The molecule has 0 aliphatic carbocycles. The number of aliphatic hydroxyl groups excluding tert-OH is 1. The molecule has 1 fully saturated rings. The van der Waals surface area contributed by atoms with Gasteiger partial charge in [0.15, 0.2) is 0 Å². The van der Waals surface area contributed by atoms with Gasteiger partial charge in [0.2, 0.25) is 0 Å². The Morgan fingerprint density at radius 1 is 1.38 bits per heavy atom. The molecule has 0 saturated carbocycles. The van der Waals surface area contributed by atoms with Gasteiger partial charge in [0.25, 0.3) is 0 Å². The Morgan fingerprint density at radius 2 is 2.14 bits per heavy atom. The Kier molecular flexibility index (Phi) is 6.26. The summed E-state index contributed by atoms with van der Waals surface area (Å²) in [5.41, 5.74) is 1.03. The van der Waals surface area contributed by atoms with Gasteiger partial charge in [0.1, 0.15) is 0 Å². The Labute approximate surface area is 134 Å². The van der Waals surface area contributed by atoms with E-state index >= 15 is 0 Å². The van der Waals surface area contributed by atoms with Crippen molar-refractivity contribution in [2.75, 3.05) is 13.2 Å². The maximum Gasteiger partial charge on any atom is 0.321 e. The number of nitrogens with zero attached hydrogens (tertiary/aromatic N) is 1. The molecule has 1 aliphatic rings. The lowest BCUT2D eigenvalue weighted by Gasteiger charge is -2.35. The molecule has 5 heteroatoms. The third-order valence-electron chi connectivity index (χ3n) is 3.70. The summed E-state index contributed by atoms with van der Waals surface area (Å²) in [4.78, 5) is 14.0. The molecule has 1 saturated heterocycles. The fourth-order valence-electron chi connectivity index (χ4n) is 2.58. The van der Waals surface area contributed by atoms with Crippen LogP contribution in [0.4, 0.5) is 4.79 Å². The molecule has 0 bridgehead atoms. The molecule has 1 aromatic carbocycles. The van der Waals surface area contributed by atoms with Gasteiger partial charge >= 0.3 is 6.03 Å². The van der Waals surface area contributed by atoms with E-state index in [0.29, 0.717) is 6.42 Å². The molecular formula is C16H21BrN2O2. The standard InChI is InChI=1S/C16H21BrN2O2/c17-14-6-4-13(5-7-14)8-10-18-16(21)19-11-2-1-3-15(19)9-12-20/h4-8,10,15,20H,1-3,9,11-12H2,(H,18,21)/b10-8+. The van der Waals surface area contributed by atoms with Crippen LogP contribution in [0.25, 0.3) is 6.08 Å². The lowest BCUT2D eigenvalue weighted by molar-refractivity contribution is 0.134. The smallest absolute Gasteiger partial charge is 0.321 e. The molecule has 114 valence electrons. The fraction of sp³-hybridized carbons (Fsp3) is 0.438. The largest absolute Gasteiger partial charge is 0.396 e. The van der Waals surface area contributed by atoms with Gasteiger partial charge in [-0.2, -0.15) is 0 Å². The van der Waals surface area contributed by atoms with E-state index in [1.165, 1.54) is 0 Å². The van der Waals surface area contributed by atoms with Crippen molar-refractivity contribution in [2.45, 2.75) is 31.7 Å². The lowest BCUT2D eigenvalue weighted by atomic mass is 10.0. The summed E-state index contributed by atoms with van der Waals surface area (Å²) in [6.07, 6.45) is 7.34. The lowest BCUT2D eigenvalue weighted by Crippen LogP contribution is -2.47. The van der Waals surface area contributed by atoms with E-state index in [0.717, 1.165) is 35.8 Å². The monoisotopic (exact) mass is 352 g/mol. The van der Waals surface area contributed by atoms with Gasteiger partial charge in [-0.1, -0.05) is 28.1 Å². The highest BCUT2D eigenvalue weighted by Crippen LogP contribution is 2.19. The third kappa shape index (κ3) is 4.86. The van der Waals surface area contributed by atoms with Crippen LogP contribution in [0.15, 0.2) is 34.9 Å². The number of halogens is 1. The van der Waals surface area contributed by atoms with Crippen molar-refractivity contribution in [1.82, 2.24) is 10.2 Å². The summed E-state index contributed by atoms with van der Waals surface area (Å²) in [5.74, 6) is 0. The summed E-state index contributed by atoms with van der Waals surface area (Å²) in [6, 6.07) is 7.95. The minimum atomic E-state index is -0.0819. The number of hydrogen-bond donors (Lipinski definition) is 2. The van der Waals surface area contributed by atoms with Crippen molar-refractivity contribution in [3.63, 3.8) is 0 Å². The molecule has 1 unspecified atom stereocenters. The van der Waals surface area contributed by atoms with Crippen LogP contribution in [-0.2, 0) is 0 Å².